The van der Waals surface area contributed by atoms with Gasteiger partial charge in [0.25, 0.3) is 11.8 Å². The van der Waals surface area contributed by atoms with E-state index in [9.17, 15) is 9.59 Å². The molecule has 26 heavy (non-hydrogen) atoms. The molecule has 0 aliphatic carbocycles. The minimum atomic E-state index is -0.273. The maximum absolute atomic E-state index is 12.9. The van der Waals surface area contributed by atoms with Gasteiger partial charge in [0.05, 0.1) is 11.3 Å². The Bertz CT molecular complexity index is 781. The van der Waals surface area contributed by atoms with Crippen LogP contribution in [0.1, 0.15) is 27.6 Å². The molecule has 2 aromatic rings. The first-order valence-corrected chi connectivity index (χ1v) is 8.61. The van der Waals surface area contributed by atoms with Crippen molar-refractivity contribution < 1.29 is 9.59 Å². The minimum absolute atomic E-state index is 0. The van der Waals surface area contributed by atoms with Crippen molar-refractivity contribution in [1.82, 2.24) is 10.2 Å². The second-order valence-electron chi connectivity index (χ2n) is 6.11. The van der Waals surface area contributed by atoms with E-state index in [2.05, 4.69) is 10.6 Å². The van der Waals surface area contributed by atoms with Crippen LogP contribution in [0.25, 0.3) is 0 Å². The Hall–Kier alpha value is -2.08. The number of hydrogen-bond acceptors (Lipinski definition) is 3. The Morgan fingerprint density at radius 2 is 1.85 bits per heavy atom. The maximum Gasteiger partial charge on any atom is 0.256 e. The Morgan fingerprint density at radius 1 is 1.15 bits per heavy atom. The zero-order chi connectivity index (χ0) is 17.8. The third kappa shape index (κ3) is 4.75. The second kappa shape index (κ2) is 9.03. The molecule has 2 aromatic carbocycles. The number of piperazine rings is 1. The van der Waals surface area contributed by atoms with E-state index in [1.807, 2.05) is 11.8 Å². The summed E-state index contributed by atoms with van der Waals surface area (Å²) in [5, 5.41) is 6.72. The van der Waals surface area contributed by atoms with Crippen molar-refractivity contribution in [3.8, 4) is 0 Å². The topological polar surface area (TPSA) is 61.4 Å². The molecule has 0 radical (unpaired) electrons. The Labute approximate surface area is 164 Å². The lowest BCUT2D eigenvalue weighted by Crippen LogP contribution is -2.51. The molecular weight excluding hydrogens is 373 g/mol. The zero-order valence-corrected chi connectivity index (χ0v) is 15.9. The van der Waals surface area contributed by atoms with Crippen LogP contribution < -0.4 is 10.6 Å². The van der Waals surface area contributed by atoms with Crippen LogP contribution in [0.3, 0.4) is 0 Å². The zero-order valence-electron chi connectivity index (χ0n) is 14.4. The van der Waals surface area contributed by atoms with E-state index in [4.69, 9.17) is 11.6 Å². The summed E-state index contributed by atoms with van der Waals surface area (Å²) in [6, 6.07) is 14.0. The Balaban J connectivity index is 0.00000243. The van der Waals surface area contributed by atoms with Crippen molar-refractivity contribution in [3.05, 3.63) is 64.7 Å². The van der Waals surface area contributed by atoms with Crippen molar-refractivity contribution >= 4 is 41.5 Å². The Kier molecular flexibility index (Phi) is 7.03. The van der Waals surface area contributed by atoms with E-state index in [1.165, 1.54) is 0 Å². The predicted octanol–water partition coefficient (Wildman–Crippen LogP) is 3.45. The molecule has 0 aromatic heterocycles. The fraction of sp³-hybridized carbons (Fsp3) is 0.263. The van der Waals surface area contributed by atoms with Crippen LogP contribution in [0.15, 0.2) is 48.5 Å². The van der Waals surface area contributed by atoms with Crippen molar-refractivity contribution in [2.24, 2.45) is 0 Å². The van der Waals surface area contributed by atoms with Gasteiger partial charge in [0.2, 0.25) is 0 Å². The highest BCUT2D eigenvalue weighted by atomic mass is 35.5. The number of nitrogens with zero attached hydrogens (tertiary/aromatic N) is 1. The molecule has 1 saturated heterocycles. The van der Waals surface area contributed by atoms with Crippen LogP contribution >= 0.6 is 24.0 Å². The molecule has 0 spiro atoms. The first-order chi connectivity index (χ1) is 12.0. The van der Waals surface area contributed by atoms with Crippen molar-refractivity contribution in [1.29, 1.82) is 0 Å². The van der Waals surface area contributed by atoms with Crippen LogP contribution in [0.5, 0.6) is 0 Å². The molecule has 1 atom stereocenters. The standard InChI is InChI=1S/C19H20ClN3O2.ClH/c1-13-12-23(11-10-21-13)19(25)16-4-2-3-5-17(16)22-18(24)14-6-8-15(20)9-7-14;/h2-9,13,21H,10-12H2,1H3,(H,22,24);1H. The number of rotatable bonds is 3. The van der Waals surface area contributed by atoms with Gasteiger partial charge in [-0.25, -0.2) is 0 Å². The normalized spacial score (nSPS) is 16.5. The molecule has 7 heteroatoms. The van der Waals surface area contributed by atoms with E-state index < -0.39 is 0 Å². The van der Waals surface area contributed by atoms with Gasteiger partial charge in [-0.1, -0.05) is 23.7 Å². The quantitative estimate of drug-likeness (QED) is 0.839. The number of amides is 2. The molecule has 0 saturated carbocycles. The largest absolute Gasteiger partial charge is 0.336 e. The van der Waals surface area contributed by atoms with E-state index >= 15 is 0 Å². The number of carbonyl (C=O) groups is 2. The van der Waals surface area contributed by atoms with Crippen LogP contribution in [0.4, 0.5) is 5.69 Å². The molecule has 138 valence electrons. The number of benzene rings is 2. The van der Waals surface area contributed by atoms with Crippen molar-refractivity contribution in [2.45, 2.75) is 13.0 Å². The van der Waals surface area contributed by atoms with Crippen molar-refractivity contribution in [2.75, 3.05) is 25.0 Å². The van der Waals surface area contributed by atoms with Gasteiger partial charge in [-0.3, -0.25) is 9.59 Å². The van der Waals surface area contributed by atoms with Gasteiger partial charge in [0.1, 0.15) is 0 Å². The molecule has 1 aliphatic heterocycles. The van der Waals surface area contributed by atoms with Gasteiger partial charge in [-0.05, 0) is 43.3 Å². The van der Waals surface area contributed by atoms with Gasteiger partial charge in [0.15, 0.2) is 0 Å². The van der Waals surface area contributed by atoms with Gasteiger partial charge in [-0.15, -0.1) is 12.4 Å². The number of carbonyl (C=O) groups excluding carboxylic acids is 2. The number of anilines is 1. The first-order valence-electron chi connectivity index (χ1n) is 8.23. The lowest BCUT2D eigenvalue weighted by molar-refractivity contribution is 0.0710. The molecule has 1 heterocycles. The summed E-state index contributed by atoms with van der Waals surface area (Å²) in [7, 11) is 0. The molecular formula is C19H21Cl2N3O2. The van der Waals surface area contributed by atoms with Gasteiger partial charge >= 0.3 is 0 Å². The summed E-state index contributed by atoms with van der Waals surface area (Å²) in [5.41, 5.74) is 1.50. The van der Waals surface area contributed by atoms with Gasteiger partial charge in [-0.2, -0.15) is 0 Å². The lowest BCUT2D eigenvalue weighted by Gasteiger charge is -2.32. The van der Waals surface area contributed by atoms with E-state index in [0.717, 1.165) is 6.54 Å². The summed E-state index contributed by atoms with van der Waals surface area (Å²) >= 11 is 5.85. The molecule has 1 fully saturated rings. The van der Waals surface area contributed by atoms with Gasteiger partial charge < -0.3 is 15.5 Å². The molecule has 1 unspecified atom stereocenters. The smallest absolute Gasteiger partial charge is 0.256 e. The molecule has 5 nitrogen and oxygen atoms in total. The number of para-hydroxylation sites is 1. The minimum Gasteiger partial charge on any atom is -0.336 e. The number of nitrogens with one attached hydrogen (secondary N) is 2. The SMILES string of the molecule is CC1CN(C(=O)c2ccccc2NC(=O)c2ccc(Cl)cc2)CCN1.Cl. The summed E-state index contributed by atoms with van der Waals surface area (Å²) in [5.74, 6) is -0.342. The molecule has 3 rings (SSSR count). The lowest BCUT2D eigenvalue weighted by atomic mass is 10.1. The van der Waals surface area contributed by atoms with Crippen LogP contribution in [-0.2, 0) is 0 Å². The fourth-order valence-corrected chi connectivity index (χ4v) is 2.99. The van der Waals surface area contributed by atoms with E-state index in [0.29, 0.717) is 34.9 Å². The van der Waals surface area contributed by atoms with E-state index in [-0.39, 0.29) is 30.3 Å². The monoisotopic (exact) mass is 393 g/mol. The predicted molar refractivity (Wildman–Crippen MR) is 106 cm³/mol. The van der Waals surface area contributed by atoms with Crippen molar-refractivity contribution in [3.63, 3.8) is 0 Å². The highest BCUT2D eigenvalue weighted by molar-refractivity contribution is 6.30. The summed E-state index contributed by atoms with van der Waals surface area (Å²) in [6.45, 7) is 4.13. The highest BCUT2D eigenvalue weighted by Crippen LogP contribution is 2.20. The van der Waals surface area contributed by atoms with Gasteiger partial charge in [0, 0.05) is 36.3 Å². The van der Waals surface area contributed by atoms with Crippen LogP contribution in [0.2, 0.25) is 5.02 Å². The third-order valence-electron chi connectivity index (χ3n) is 4.17. The maximum atomic E-state index is 12.9. The summed E-state index contributed by atoms with van der Waals surface area (Å²) in [4.78, 5) is 27.1. The summed E-state index contributed by atoms with van der Waals surface area (Å²) in [6.07, 6.45) is 0. The number of hydrogen-bond donors (Lipinski definition) is 2. The molecule has 0 bridgehead atoms. The highest BCUT2D eigenvalue weighted by Gasteiger charge is 2.23. The van der Waals surface area contributed by atoms with Crippen LogP contribution in [-0.4, -0.2) is 42.4 Å². The average molecular weight is 394 g/mol. The van der Waals surface area contributed by atoms with E-state index in [1.54, 1.807) is 48.5 Å². The first kappa shape index (κ1) is 20.2. The Morgan fingerprint density at radius 3 is 2.54 bits per heavy atom. The molecule has 1 aliphatic rings. The third-order valence-corrected chi connectivity index (χ3v) is 4.42. The molecule has 2 N–H and O–H groups in total. The fourth-order valence-electron chi connectivity index (χ4n) is 2.86. The summed E-state index contributed by atoms with van der Waals surface area (Å²) < 4.78 is 0. The number of halogens is 2. The molecule has 2 amide bonds. The average Bonchev–Trinajstić information content (AvgIpc) is 2.62. The van der Waals surface area contributed by atoms with Crippen LogP contribution in [0, 0.1) is 0 Å². The second-order valence-corrected chi connectivity index (χ2v) is 6.55.